The molecule has 2 aliphatic rings. The van der Waals surface area contributed by atoms with Gasteiger partial charge in [-0.15, -0.1) is 0 Å². The number of benzene rings is 2. The zero-order valence-electron chi connectivity index (χ0n) is 20.2. The van der Waals surface area contributed by atoms with Gasteiger partial charge in [-0.05, 0) is 61.2 Å². The van der Waals surface area contributed by atoms with Crippen LogP contribution >= 0.6 is 0 Å². The first-order valence-electron chi connectivity index (χ1n) is 12.0. The van der Waals surface area contributed by atoms with Gasteiger partial charge in [0.05, 0.1) is 27.2 Å². The Bertz CT molecular complexity index is 1000. The predicted molar refractivity (Wildman–Crippen MR) is 131 cm³/mol. The number of hydrogen-bond acceptors (Lipinski definition) is 5. The highest BCUT2D eigenvalue weighted by Gasteiger charge is 2.37. The smallest absolute Gasteiger partial charge is 0.229 e. The summed E-state index contributed by atoms with van der Waals surface area (Å²) in [4.78, 5) is 28.5. The van der Waals surface area contributed by atoms with Crippen LogP contribution in [0.3, 0.4) is 0 Å². The van der Waals surface area contributed by atoms with Crippen LogP contribution in [0.4, 0.5) is 5.69 Å². The summed E-state index contributed by atoms with van der Waals surface area (Å²) < 4.78 is 16.1. The SMILES string of the molecule is COc1ccc(NC(=O)C2CC(c3ccc(OC)c(OC)c3)CN(C(=O)C3CCCC3)C2)cc1. The number of methoxy groups -OCH3 is 3. The summed E-state index contributed by atoms with van der Waals surface area (Å²) in [6.45, 7) is 1.05. The average Bonchev–Trinajstić information content (AvgIpc) is 3.43. The molecule has 1 aliphatic carbocycles. The van der Waals surface area contributed by atoms with Crippen LogP contribution in [-0.2, 0) is 9.59 Å². The van der Waals surface area contributed by atoms with Gasteiger partial charge in [-0.1, -0.05) is 18.9 Å². The Labute approximate surface area is 201 Å². The molecule has 1 aliphatic heterocycles. The second kappa shape index (κ2) is 10.8. The number of likely N-dealkylation sites (tertiary alicyclic amines) is 1. The lowest BCUT2D eigenvalue weighted by molar-refractivity contribution is -0.138. The molecule has 1 saturated carbocycles. The van der Waals surface area contributed by atoms with Crippen molar-refractivity contribution in [2.75, 3.05) is 39.7 Å². The van der Waals surface area contributed by atoms with Crippen LogP contribution in [0.2, 0.25) is 0 Å². The lowest BCUT2D eigenvalue weighted by atomic mass is 9.83. The van der Waals surface area contributed by atoms with Gasteiger partial charge >= 0.3 is 0 Å². The molecule has 0 radical (unpaired) electrons. The summed E-state index contributed by atoms with van der Waals surface area (Å²) in [5, 5.41) is 3.03. The van der Waals surface area contributed by atoms with Crippen molar-refractivity contribution in [3.05, 3.63) is 48.0 Å². The standard InChI is InChI=1S/C27H34N2O5/c1-32-23-11-9-22(10-12-23)28-26(30)21-14-20(19-8-13-24(33-2)25(15-19)34-3)16-29(17-21)27(31)18-6-4-5-7-18/h8-13,15,18,20-21H,4-7,14,16-17H2,1-3H3,(H,28,30). The summed E-state index contributed by atoms with van der Waals surface area (Å²) in [6.07, 6.45) is 4.75. The molecule has 1 saturated heterocycles. The van der Waals surface area contributed by atoms with Crippen molar-refractivity contribution >= 4 is 17.5 Å². The molecule has 1 heterocycles. The van der Waals surface area contributed by atoms with Crippen LogP contribution in [0, 0.1) is 11.8 Å². The van der Waals surface area contributed by atoms with Crippen LogP contribution in [0.25, 0.3) is 0 Å². The van der Waals surface area contributed by atoms with Crippen molar-refractivity contribution < 1.29 is 23.8 Å². The van der Waals surface area contributed by atoms with Gasteiger partial charge < -0.3 is 24.4 Å². The molecule has 34 heavy (non-hydrogen) atoms. The van der Waals surface area contributed by atoms with E-state index in [1.54, 1.807) is 21.3 Å². The average molecular weight is 467 g/mol. The topological polar surface area (TPSA) is 77.1 Å². The highest BCUT2D eigenvalue weighted by Crippen LogP contribution is 2.37. The Kier molecular flexibility index (Phi) is 7.60. The van der Waals surface area contributed by atoms with E-state index in [9.17, 15) is 9.59 Å². The van der Waals surface area contributed by atoms with Crippen molar-refractivity contribution in [3.63, 3.8) is 0 Å². The molecule has 2 aromatic rings. The first kappa shape index (κ1) is 23.9. The van der Waals surface area contributed by atoms with E-state index in [1.807, 2.05) is 47.4 Å². The first-order valence-corrected chi connectivity index (χ1v) is 12.0. The maximum absolute atomic E-state index is 13.3. The van der Waals surface area contributed by atoms with E-state index in [-0.39, 0.29) is 29.6 Å². The number of rotatable bonds is 7. The third kappa shape index (κ3) is 5.29. The van der Waals surface area contributed by atoms with Gasteiger partial charge in [-0.2, -0.15) is 0 Å². The lowest BCUT2D eigenvalue weighted by Gasteiger charge is -2.38. The number of hydrogen-bond donors (Lipinski definition) is 1. The third-order valence-corrected chi connectivity index (χ3v) is 7.07. The fourth-order valence-corrected chi connectivity index (χ4v) is 5.17. The quantitative estimate of drug-likeness (QED) is 0.651. The van der Waals surface area contributed by atoms with Gasteiger partial charge in [0.2, 0.25) is 11.8 Å². The largest absolute Gasteiger partial charge is 0.497 e. The minimum absolute atomic E-state index is 0.0329. The molecule has 2 unspecified atom stereocenters. The Morgan fingerprint density at radius 2 is 1.56 bits per heavy atom. The number of anilines is 1. The minimum Gasteiger partial charge on any atom is -0.497 e. The van der Waals surface area contributed by atoms with Crippen LogP contribution in [-0.4, -0.2) is 51.1 Å². The summed E-state index contributed by atoms with van der Waals surface area (Å²) in [5.41, 5.74) is 1.76. The van der Waals surface area contributed by atoms with Crippen molar-refractivity contribution in [1.29, 1.82) is 0 Å². The molecule has 4 rings (SSSR count). The summed E-state index contributed by atoms with van der Waals surface area (Å²) in [6, 6.07) is 13.1. The number of carbonyl (C=O) groups excluding carboxylic acids is 2. The zero-order chi connectivity index (χ0) is 24.1. The number of amides is 2. The number of ether oxygens (including phenoxy) is 3. The molecule has 0 aromatic heterocycles. The van der Waals surface area contributed by atoms with E-state index in [1.165, 1.54) is 0 Å². The number of piperidine rings is 1. The molecule has 7 heteroatoms. The number of nitrogens with one attached hydrogen (secondary N) is 1. The second-order valence-corrected chi connectivity index (χ2v) is 9.19. The van der Waals surface area contributed by atoms with Crippen molar-refractivity contribution in [3.8, 4) is 17.2 Å². The monoisotopic (exact) mass is 466 g/mol. The van der Waals surface area contributed by atoms with Gasteiger partial charge in [0.25, 0.3) is 0 Å². The molecule has 0 spiro atoms. The van der Waals surface area contributed by atoms with E-state index in [0.717, 1.165) is 37.0 Å². The van der Waals surface area contributed by atoms with E-state index in [4.69, 9.17) is 14.2 Å². The Morgan fingerprint density at radius 1 is 0.853 bits per heavy atom. The number of carbonyl (C=O) groups is 2. The van der Waals surface area contributed by atoms with Crippen LogP contribution < -0.4 is 19.5 Å². The fourth-order valence-electron chi connectivity index (χ4n) is 5.17. The Morgan fingerprint density at radius 3 is 2.21 bits per heavy atom. The molecule has 7 nitrogen and oxygen atoms in total. The van der Waals surface area contributed by atoms with E-state index < -0.39 is 0 Å². The highest BCUT2D eigenvalue weighted by molar-refractivity contribution is 5.93. The summed E-state index contributed by atoms with van der Waals surface area (Å²) in [5.74, 6) is 1.97. The summed E-state index contributed by atoms with van der Waals surface area (Å²) in [7, 11) is 4.84. The second-order valence-electron chi connectivity index (χ2n) is 9.19. The first-order chi connectivity index (χ1) is 16.5. The third-order valence-electron chi connectivity index (χ3n) is 7.07. The Hall–Kier alpha value is -3.22. The molecule has 182 valence electrons. The van der Waals surface area contributed by atoms with Gasteiger partial charge in [-0.25, -0.2) is 0 Å². The summed E-state index contributed by atoms with van der Waals surface area (Å²) >= 11 is 0. The van der Waals surface area contributed by atoms with Crippen molar-refractivity contribution in [1.82, 2.24) is 4.90 Å². The van der Waals surface area contributed by atoms with Gasteiger partial charge in [0.1, 0.15) is 5.75 Å². The lowest BCUT2D eigenvalue weighted by Crippen LogP contribution is -2.48. The minimum atomic E-state index is -0.306. The molecule has 1 N–H and O–H groups in total. The maximum Gasteiger partial charge on any atom is 0.229 e. The van der Waals surface area contributed by atoms with E-state index >= 15 is 0 Å². The predicted octanol–water partition coefficient (Wildman–Crippen LogP) is 4.47. The van der Waals surface area contributed by atoms with Gasteiger partial charge in [-0.3, -0.25) is 9.59 Å². The molecule has 2 atom stereocenters. The van der Waals surface area contributed by atoms with E-state index in [2.05, 4.69) is 5.32 Å². The number of nitrogens with zero attached hydrogens (tertiary/aromatic N) is 1. The molecular formula is C27H34N2O5. The zero-order valence-corrected chi connectivity index (χ0v) is 20.2. The fraction of sp³-hybridized carbons (Fsp3) is 0.481. The molecule has 2 fully saturated rings. The Balaban J connectivity index is 1.56. The molecule has 2 aromatic carbocycles. The van der Waals surface area contributed by atoms with E-state index in [0.29, 0.717) is 36.7 Å². The maximum atomic E-state index is 13.3. The van der Waals surface area contributed by atoms with Crippen LogP contribution in [0.5, 0.6) is 17.2 Å². The van der Waals surface area contributed by atoms with Crippen LogP contribution in [0.1, 0.15) is 43.6 Å². The molecule has 2 amide bonds. The van der Waals surface area contributed by atoms with Crippen molar-refractivity contribution in [2.45, 2.75) is 38.0 Å². The molecular weight excluding hydrogens is 432 g/mol. The van der Waals surface area contributed by atoms with Crippen LogP contribution in [0.15, 0.2) is 42.5 Å². The van der Waals surface area contributed by atoms with Gasteiger partial charge in [0.15, 0.2) is 11.5 Å². The van der Waals surface area contributed by atoms with Gasteiger partial charge in [0, 0.05) is 30.6 Å². The van der Waals surface area contributed by atoms with Crippen molar-refractivity contribution in [2.24, 2.45) is 11.8 Å². The normalized spacial score (nSPS) is 20.6. The highest BCUT2D eigenvalue weighted by atomic mass is 16.5. The molecule has 0 bridgehead atoms.